The number of carbonyl (C=O) groups excluding carboxylic acids is 1. The van der Waals surface area contributed by atoms with Crippen LogP contribution < -0.4 is 11.1 Å². The normalized spacial score (nSPS) is 34.2. The highest BCUT2D eigenvalue weighted by molar-refractivity contribution is 5.83. The van der Waals surface area contributed by atoms with Crippen molar-refractivity contribution >= 4 is 5.91 Å². The number of allylic oxidation sites excluding steroid dienone is 1. The van der Waals surface area contributed by atoms with Crippen molar-refractivity contribution in [1.29, 1.82) is 0 Å². The molecule has 3 N–H and O–H groups in total. The molecule has 0 aromatic carbocycles. The molecule has 2 unspecified atom stereocenters. The lowest BCUT2D eigenvalue weighted by molar-refractivity contribution is -0.152. The molecule has 2 rings (SSSR count). The summed E-state index contributed by atoms with van der Waals surface area (Å²) in [5.41, 5.74) is 4.49. The largest absolute Gasteiger partial charge is 0.393 e. The molecule has 2 saturated heterocycles. The van der Waals surface area contributed by atoms with Gasteiger partial charge in [-0.15, -0.1) is 13.2 Å². The van der Waals surface area contributed by atoms with Gasteiger partial charge in [0.1, 0.15) is 5.66 Å². The number of rotatable bonds is 6. The maximum absolute atomic E-state index is 12.5. The maximum Gasteiger partial charge on any atom is 0.227 e. The number of hydrogen-bond acceptors (Lipinski definition) is 3. The summed E-state index contributed by atoms with van der Waals surface area (Å²) in [7, 11) is 0. The Balaban J connectivity index is 2.44. The third-order valence-corrected chi connectivity index (χ3v) is 5.28. The molecule has 2 atom stereocenters. The fourth-order valence-electron chi connectivity index (χ4n) is 4.16. The lowest BCUT2D eigenvalue weighted by Crippen LogP contribution is -2.72. The van der Waals surface area contributed by atoms with E-state index in [-0.39, 0.29) is 12.0 Å². The van der Waals surface area contributed by atoms with Crippen molar-refractivity contribution < 1.29 is 9.90 Å². The lowest BCUT2D eigenvalue weighted by atomic mass is 9.64. The molecule has 0 saturated carbocycles. The van der Waals surface area contributed by atoms with Crippen molar-refractivity contribution in [1.82, 2.24) is 10.2 Å². The topological polar surface area (TPSA) is 80.7 Å². The quantitative estimate of drug-likeness (QED) is 0.723. The van der Waals surface area contributed by atoms with Crippen LogP contribution in [-0.4, -0.2) is 47.3 Å². The second-order valence-corrected chi connectivity index (χ2v) is 6.45. The first-order valence-corrected chi connectivity index (χ1v) is 8.16. The van der Waals surface area contributed by atoms with E-state index in [1.165, 1.54) is 0 Å². The van der Waals surface area contributed by atoms with Crippen LogP contribution in [0.25, 0.3) is 0 Å². The SMILES string of the molecule is C=CCC1(C(N)=O)CCC[N]C1(CC=C)N1CCC(O)CC1. The monoisotopic (exact) mass is 306 g/mol. The Hall–Kier alpha value is -1.17. The smallest absolute Gasteiger partial charge is 0.227 e. The summed E-state index contributed by atoms with van der Waals surface area (Å²) in [6.45, 7) is 9.90. The highest BCUT2D eigenvalue weighted by Gasteiger charge is 2.59. The summed E-state index contributed by atoms with van der Waals surface area (Å²) >= 11 is 0. The molecule has 1 amide bonds. The van der Waals surface area contributed by atoms with Crippen LogP contribution in [0.1, 0.15) is 38.5 Å². The second kappa shape index (κ2) is 6.94. The van der Waals surface area contributed by atoms with E-state index >= 15 is 0 Å². The van der Waals surface area contributed by atoms with Gasteiger partial charge in [0, 0.05) is 19.6 Å². The number of carbonyl (C=O) groups is 1. The number of hydrogen-bond donors (Lipinski definition) is 2. The average Bonchev–Trinajstić information content (AvgIpc) is 2.50. The highest BCUT2D eigenvalue weighted by Crippen LogP contribution is 2.48. The van der Waals surface area contributed by atoms with E-state index in [1.54, 1.807) is 6.08 Å². The molecule has 22 heavy (non-hydrogen) atoms. The molecule has 0 aromatic rings. The van der Waals surface area contributed by atoms with Crippen LogP contribution in [0, 0.1) is 5.41 Å². The Kier molecular flexibility index (Phi) is 5.42. The minimum atomic E-state index is -0.733. The van der Waals surface area contributed by atoms with Gasteiger partial charge < -0.3 is 10.8 Å². The molecule has 2 aliphatic heterocycles. The third kappa shape index (κ3) is 2.73. The van der Waals surface area contributed by atoms with Crippen molar-refractivity contribution in [3.05, 3.63) is 25.3 Å². The van der Waals surface area contributed by atoms with Gasteiger partial charge in [-0.05, 0) is 38.5 Å². The molecule has 2 heterocycles. The van der Waals surface area contributed by atoms with E-state index < -0.39 is 11.1 Å². The minimum absolute atomic E-state index is 0.261. The Bertz CT molecular complexity index is 432. The van der Waals surface area contributed by atoms with E-state index in [1.807, 2.05) is 6.08 Å². The predicted octanol–water partition coefficient (Wildman–Crippen LogP) is 1.16. The zero-order valence-electron chi connectivity index (χ0n) is 13.3. The van der Waals surface area contributed by atoms with Crippen LogP contribution in [-0.2, 0) is 4.79 Å². The van der Waals surface area contributed by atoms with Gasteiger partial charge in [0.25, 0.3) is 0 Å². The van der Waals surface area contributed by atoms with Crippen LogP contribution in [0.15, 0.2) is 25.3 Å². The standard InChI is InChI=1S/C17H28N3O2/c1-3-8-16(15(18)22)10-5-11-19-17(16,9-4-2)20-12-6-14(21)7-13-20/h3-4,14,21H,1-2,5-13H2,(H2,18,22). The van der Waals surface area contributed by atoms with Gasteiger partial charge in [0.05, 0.1) is 11.5 Å². The summed E-state index contributed by atoms with van der Waals surface area (Å²) in [5.74, 6) is -0.302. The first-order valence-electron chi connectivity index (χ1n) is 8.16. The van der Waals surface area contributed by atoms with Gasteiger partial charge in [0.15, 0.2) is 0 Å². The average molecular weight is 306 g/mol. The summed E-state index contributed by atoms with van der Waals surface area (Å²) < 4.78 is 0. The van der Waals surface area contributed by atoms with E-state index in [2.05, 4.69) is 18.1 Å². The zero-order chi connectivity index (χ0) is 16.2. The Morgan fingerprint density at radius 1 is 1.32 bits per heavy atom. The number of aliphatic hydroxyl groups is 1. The number of primary amides is 1. The van der Waals surface area contributed by atoms with Crippen LogP contribution >= 0.6 is 0 Å². The van der Waals surface area contributed by atoms with E-state index in [0.717, 1.165) is 32.5 Å². The Morgan fingerprint density at radius 3 is 2.50 bits per heavy atom. The zero-order valence-corrected chi connectivity index (χ0v) is 13.3. The van der Waals surface area contributed by atoms with Crippen molar-refractivity contribution in [2.75, 3.05) is 19.6 Å². The van der Waals surface area contributed by atoms with Gasteiger partial charge in [-0.1, -0.05) is 12.2 Å². The predicted molar refractivity (Wildman–Crippen MR) is 87.0 cm³/mol. The van der Waals surface area contributed by atoms with Crippen molar-refractivity contribution in [3.8, 4) is 0 Å². The van der Waals surface area contributed by atoms with Crippen molar-refractivity contribution in [2.45, 2.75) is 50.3 Å². The number of amides is 1. The Morgan fingerprint density at radius 2 is 1.95 bits per heavy atom. The summed E-state index contributed by atoms with van der Waals surface area (Å²) in [6.07, 6.45) is 7.48. The van der Waals surface area contributed by atoms with E-state index in [0.29, 0.717) is 25.7 Å². The van der Waals surface area contributed by atoms with Crippen LogP contribution in [0.4, 0.5) is 0 Å². The van der Waals surface area contributed by atoms with Gasteiger partial charge in [-0.3, -0.25) is 9.69 Å². The number of nitrogens with two attached hydrogens (primary N) is 1. The molecular formula is C17H28N3O2. The Labute approximate surface area is 133 Å². The van der Waals surface area contributed by atoms with Crippen molar-refractivity contribution in [3.63, 3.8) is 0 Å². The number of piperidine rings is 2. The van der Waals surface area contributed by atoms with Crippen LogP contribution in [0.5, 0.6) is 0 Å². The number of likely N-dealkylation sites (tertiary alicyclic amines) is 1. The van der Waals surface area contributed by atoms with Gasteiger partial charge >= 0.3 is 0 Å². The fourth-order valence-corrected chi connectivity index (χ4v) is 4.16. The second-order valence-electron chi connectivity index (χ2n) is 6.45. The van der Waals surface area contributed by atoms with Crippen molar-refractivity contribution in [2.24, 2.45) is 11.1 Å². The molecule has 0 bridgehead atoms. The molecule has 5 nitrogen and oxygen atoms in total. The molecule has 1 radical (unpaired) electrons. The van der Waals surface area contributed by atoms with E-state index in [4.69, 9.17) is 11.1 Å². The number of nitrogens with zero attached hydrogens (tertiary/aromatic N) is 2. The molecular weight excluding hydrogens is 278 g/mol. The van der Waals surface area contributed by atoms with Crippen LogP contribution in [0.3, 0.4) is 0 Å². The first-order chi connectivity index (χ1) is 10.5. The van der Waals surface area contributed by atoms with Gasteiger partial charge in [-0.25, -0.2) is 5.32 Å². The fraction of sp³-hybridized carbons (Fsp3) is 0.706. The number of aliphatic hydroxyl groups excluding tert-OH is 1. The minimum Gasteiger partial charge on any atom is -0.393 e. The van der Waals surface area contributed by atoms with Crippen LogP contribution in [0.2, 0.25) is 0 Å². The molecule has 0 aliphatic carbocycles. The molecule has 0 aromatic heterocycles. The lowest BCUT2D eigenvalue weighted by Gasteiger charge is -2.57. The molecule has 123 valence electrons. The third-order valence-electron chi connectivity index (χ3n) is 5.28. The molecule has 2 aliphatic rings. The van der Waals surface area contributed by atoms with Gasteiger partial charge in [-0.2, -0.15) is 0 Å². The van der Waals surface area contributed by atoms with E-state index in [9.17, 15) is 9.90 Å². The molecule has 2 fully saturated rings. The summed E-state index contributed by atoms with van der Waals surface area (Å²) in [4.78, 5) is 14.7. The first kappa shape index (κ1) is 17.2. The summed E-state index contributed by atoms with van der Waals surface area (Å²) in [6, 6.07) is 0. The highest BCUT2D eigenvalue weighted by atomic mass is 16.3. The molecule has 5 heteroatoms. The summed E-state index contributed by atoms with van der Waals surface area (Å²) in [5, 5.41) is 14.7. The maximum atomic E-state index is 12.5. The van der Waals surface area contributed by atoms with Gasteiger partial charge in [0.2, 0.25) is 5.91 Å². The molecule has 0 spiro atoms.